The van der Waals surface area contributed by atoms with Crippen molar-refractivity contribution in [1.29, 1.82) is 0 Å². The van der Waals surface area contributed by atoms with Crippen molar-refractivity contribution < 1.29 is 13.2 Å². The number of nitrogen functional groups attached to an aromatic ring is 1. The molecule has 2 N–H and O–H groups in total. The third-order valence-corrected chi connectivity index (χ3v) is 3.09. The average molecular weight is 284 g/mol. The Bertz CT molecular complexity index is 635. The van der Waals surface area contributed by atoms with Gasteiger partial charge in [-0.3, -0.25) is 0 Å². The van der Waals surface area contributed by atoms with Crippen molar-refractivity contribution in [2.24, 2.45) is 0 Å². The molecule has 3 heterocycles. The fourth-order valence-electron chi connectivity index (χ4n) is 2.13. The monoisotopic (exact) mass is 284 g/mol. The number of rotatable bonds is 1. The fraction of sp³-hybridized carbons (Fsp3) is 0.364. The van der Waals surface area contributed by atoms with Crippen LogP contribution < -0.4 is 10.6 Å². The Kier molecular flexibility index (Phi) is 2.77. The van der Waals surface area contributed by atoms with Gasteiger partial charge in [-0.2, -0.15) is 18.2 Å². The third-order valence-electron chi connectivity index (χ3n) is 3.09. The molecule has 0 unspecified atom stereocenters. The number of halogens is 3. The van der Waals surface area contributed by atoms with Gasteiger partial charge in [0, 0.05) is 31.5 Å². The van der Waals surface area contributed by atoms with Crippen LogP contribution in [0.3, 0.4) is 0 Å². The molecule has 9 heteroatoms. The summed E-state index contributed by atoms with van der Waals surface area (Å²) < 4.78 is 40.1. The highest BCUT2D eigenvalue weighted by Crippen LogP contribution is 2.30. The number of fused-ring (bicyclic) bond motifs is 1. The second kappa shape index (κ2) is 4.36. The molecule has 3 rings (SSSR count). The molecule has 1 aliphatic rings. The number of alkyl halides is 3. The first-order chi connectivity index (χ1) is 9.43. The molecule has 0 spiro atoms. The van der Waals surface area contributed by atoms with Gasteiger partial charge in [0.2, 0.25) is 5.95 Å². The average Bonchev–Trinajstić information content (AvgIpc) is 2.84. The van der Waals surface area contributed by atoms with Gasteiger partial charge in [0.15, 0.2) is 5.69 Å². The van der Waals surface area contributed by atoms with E-state index >= 15 is 0 Å². The summed E-state index contributed by atoms with van der Waals surface area (Å²) in [6.07, 6.45) is -1.05. The van der Waals surface area contributed by atoms with Crippen molar-refractivity contribution in [1.82, 2.24) is 19.5 Å². The van der Waals surface area contributed by atoms with Crippen LogP contribution in [0.15, 0.2) is 18.5 Å². The van der Waals surface area contributed by atoms with E-state index < -0.39 is 11.9 Å². The maximum atomic E-state index is 12.7. The number of hydrogen-bond donors (Lipinski definition) is 1. The first-order valence-electron chi connectivity index (χ1n) is 5.90. The van der Waals surface area contributed by atoms with E-state index in [2.05, 4.69) is 15.0 Å². The van der Waals surface area contributed by atoms with E-state index in [1.165, 1.54) is 0 Å². The quantitative estimate of drug-likeness (QED) is 0.854. The van der Waals surface area contributed by atoms with Crippen LogP contribution in [0.2, 0.25) is 0 Å². The third kappa shape index (κ3) is 2.26. The van der Waals surface area contributed by atoms with Gasteiger partial charge in [0.1, 0.15) is 11.6 Å². The smallest absolute Gasteiger partial charge is 0.368 e. The van der Waals surface area contributed by atoms with E-state index in [1.807, 2.05) is 10.8 Å². The second-order valence-corrected chi connectivity index (χ2v) is 4.43. The molecule has 0 atom stereocenters. The zero-order valence-electron chi connectivity index (χ0n) is 10.3. The van der Waals surface area contributed by atoms with Gasteiger partial charge >= 0.3 is 6.18 Å². The number of nitrogens with two attached hydrogens (primary N) is 1. The van der Waals surface area contributed by atoms with Gasteiger partial charge in [-0.15, -0.1) is 0 Å². The minimum absolute atomic E-state index is 0.166. The van der Waals surface area contributed by atoms with Gasteiger partial charge in [-0.1, -0.05) is 0 Å². The normalized spacial score (nSPS) is 15.2. The first kappa shape index (κ1) is 12.7. The van der Waals surface area contributed by atoms with Crippen molar-refractivity contribution in [2.75, 3.05) is 17.2 Å². The highest BCUT2D eigenvalue weighted by Gasteiger charge is 2.34. The number of hydrogen-bond acceptors (Lipinski definition) is 5. The van der Waals surface area contributed by atoms with Crippen LogP contribution in [0.1, 0.15) is 11.5 Å². The Labute approximate surface area is 112 Å². The van der Waals surface area contributed by atoms with Crippen LogP contribution in [0.4, 0.5) is 24.9 Å². The summed E-state index contributed by atoms with van der Waals surface area (Å²) in [7, 11) is 0. The summed E-state index contributed by atoms with van der Waals surface area (Å²) in [6, 6.07) is 0.912. The van der Waals surface area contributed by atoms with Crippen LogP contribution in [-0.4, -0.2) is 26.1 Å². The standard InChI is InChI=1S/C11H11F3N6/c12-11(13,14)7-5-8(18-10(15)17-7)20-4-3-19-2-1-16-9(19)6-20/h1-2,5H,3-4,6H2,(H2,15,17,18). The number of anilines is 2. The largest absolute Gasteiger partial charge is 0.433 e. The molecule has 0 bridgehead atoms. The lowest BCUT2D eigenvalue weighted by atomic mass is 10.3. The topological polar surface area (TPSA) is 72.9 Å². The van der Waals surface area contributed by atoms with Crippen molar-refractivity contribution >= 4 is 11.8 Å². The highest BCUT2D eigenvalue weighted by molar-refractivity contribution is 5.44. The van der Waals surface area contributed by atoms with Gasteiger partial charge in [0.05, 0.1) is 6.54 Å². The first-order valence-corrected chi connectivity index (χ1v) is 5.90. The van der Waals surface area contributed by atoms with Gasteiger partial charge in [-0.25, -0.2) is 9.97 Å². The molecule has 0 saturated carbocycles. The maximum Gasteiger partial charge on any atom is 0.433 e. The molecular formula is C11H11F3N6. The predicted octanol–water partition coefficient (Wildman–Crippen LogP) is 1.29. The highest BCUT2D eigenvalue weighted by atomic mass is 19.4. The lowest BCUT2D eigenvalue weighted by Crippen LogP contribution is -2.34. The van der Waals surface area contributed by atoms with Gasteiger partial charge in [-0.05, 0) is 0 Å². The second-order valence-electron chi connectivity index (χ2n) is 4.43. The molecule has 0 amide bonds. The molecule has 20 heavy (non-hydrogen) atoms. The summed E-state index contributed by atoms with van der Waals surface area (Å²) in [4.78, 5) is 13.0. The van der Waals surface area contributed by atoms with Crippen molar-refractivity contribution in [3.05, 3.63) is 30.0 Å². The lowest BCUT2D eigenvalue weighted by Gasteiger charge is -2.28. The minimum Gasteiger partial charge on any atom is -0.368 e. The van der Waals surface area contributed by atoms with E-state index in [9.17, 15) is 13.2 Å². The zero-order valence-corrected chi connectivity index (χ0v) is 10.3. The van der Waals surface area contributed by atoms with Crippen LogP contribution >= 0.6 is 0 Å². The van der Waals surface area contributed by atoms with Gasteiger partial charge < -0.3 is 15.2 Å². The Balaban J connectivity index is 1.93. The molecule has 106 valence electrons. The van der Waals surface area contributed by atoms with Crippen LogP contribution in [0, 0.1) is 0 Å². The minimum atomic E-state index is -4.54. The number of nitrogens with zero attached hydrogens (tertiary/aromatic N) is 5. The predicted molar refractivity (Wildman–Crippen MR) is 64.7 cm³/mol. The van der Waals surface area contributed by atoms with E-state index in [-0.39, 0.29) is 11.8 Å². The summed E-state index contributed by atoms with van der Waals surface area (Å²) >= 11 is 0. The van der Waals surface area contributed by atoms with Crippen molar-refractivity contribution in [3.63, 3.8) is 0 Å². The lowest BCUT2D eigenvalue weighted by molar-refractivity contribution is -0.141. The van der Waals surface area contributed by atoms with Gasteiger partial charge in [0.25, 0.3) is 0 Å². The molecule has 0 aromatic carbocycles. The summed E-state index contributed by atoms with van der Waals surface area (Å²) in [5.41, 5.74) is 4.33. The summed E-state index contributed by atoms with van der Waals surface area (Å²) in [5, 5.41) is 0. The molecule has 0 radical (unpaired) electrons. The molecule has 0 fully saturated rings. The SMILES string of the molecule is Nc1nc(N2CCn3ccnc3C2)cc(C(F)(F)F)n1. The van der Waals surface area contributed by atoms with Crippen molar-refractivity contribution in [3.8, 4) is 0 Å². The fourth-order valence-corrected chi connectivity index (χ4v) is 2.13. The molecule has 0 saturated heterocycles. The Morgan fingerprint density at radius 1 is 1.20 bits per heavy atom. The summed E-state index contributed by atoms with van der Waals surface area (Å²) in [6.45, 7) is 1.57. The molecule has 1 aliphatic heterocycles. The van der Waals surface area contributed by atoms with E-state index in [0.717, 1.165) is 11.9 Å². The zero-order chi connectivity index (χ0) is 14.3. The van der Waals surface area contributed by atoms with E-state index in [1.54, 1.807) is 11.1 Å². The maximum absolute atomic E-state index is 12.7. The number of aromatic nitrogens is 4. The molecule has 6 nitrogen and oxygen atoms in total. The molecular weight excluding hydrogens is 273 g/mol. The van der Waals surface area contributed by atoms with Crippen LogP contribution in [0.25, 0.3) is 0 Å². The van der Waals surface area contributed by atoms with Crippen molar-refractivity contribution in [2.45, 2.75) is 19.3 Å². The van der Waals surface area contributed by atoms with E-state index in [4.69, 9.17) is 5.73 Å². The molecule has 0 aliphatic carbocycles. The number of imidazole rings is 1. The Hall–Kier alpha value is -2.32. The Morgan fingerprint density at radius 2 is 2.00 bits per heavy atom. The van der Waals surface area contributed by atoms with Crippen LogP contribution in [0.5, 0.6) is 0 Å². The Morgan fingerprint density at radius 3 is 2.75 bits per heavy atom. The molecule has 2 aromatic heterocycles. The van der Waals surface area contributed by atoms with E-state index in [0.29, 0.717) is 19.6 Å². The summed E-state index contributed by atoms with van der Waals surface area (Å²) in [5.74, 6) is 0.560. The molecule has 2 aromatic rings. The van der Waals surface area contributed by atoms with Crippen LogP contribution in [-0.2, 0) is 19.3 Å².